The molecule has 0 bridgehead atoms. The molecule has 2 aliphatic heterocycles. The molecule has 1 amide bonds. The number of aromatic nitrogens is 3. The maximum atomic E-state index is 15.4. The van der Waals surface area contributed by atoms with Gasteiger partial charge < -0.3 is 14.5 Å². The van der Waals surface area contributed by atoms with Crippen molar-refractivity contribution in [1.82, 2.24) is 19.4 Å². The third-order valence-corrected chi connectivity index (χ3v) is 8.61. The van der Waals surface area contributed by atoms with E-state index >= 15 is 4.39 Å². The van der Waals surface area contributed by atoms with Crippen molar-refractivity contribution in [3.05, 3.63) is 87.1 Å². The van der Waals surface area contributed by atoms with E-state index in [1.165, 1.54) is 16.7 Å². The summed E-state index contributed by atoms with van der Waals surface area (Å²) in [6.45, 7) is 10.6. The lowest BCUT2D eigenvalue weighted by atomic mass is 9.94. The van der Waals surface area contributed by atoms with Crippen LogP contribution in [0.15, 0.2) is 48.0 Å². The van der Waals surface area contributed by atoms with Gasteiger partial charge in [-0.2, -0.15) is 4.98 Å². The smallest absolute Gasteiger partial charge is 0.354 e. The minimum atomic E-state index is -1.03. The van der Waals surface area contributed by atoms with Crippen molar-refractivity contribution in [1.29, 1.82) is 0 Å². The van der Waals surface area contributed by atoms with Crippen LogP contribution in [0.5, 0.6) is 5.75 Å². The van der Waals surface area contributed by atoms with Gasteiger partial charge in [-0.1, -0.05) is 38.1 Å². The number of amides is 1. The van der Waals surface area contributed by atoms with Crippen LogP contribution in [0.2, 0.25) is 5.02 Å². The van der Waals surface area contributed by atoms with Crippen LogP contribution >= 0.6 is 11.6 Å². The zero-order chi connectivity index (χ0) is 30.6. The van der Waals surface area contributed by atoms with Gasteiger partial charge >= 0.3 is 5.69 Å². The molecule has 0 radical (unpaired) electrons. The Morgan fingerprint density at radius 2 is 1.88 bits per heavy atom. The van der Waals surface area contributed by atoms with E-state index in [9.17, 15) is 14.0 Å². The van der Waals surface area contributed by atoms with Crippen LogP contribution in [0.3, 0.4) is 0 Å². The van der Waals surface area contributed by atoms with Crippen molar-refractivity contribution in [3.63, 3.8) is 0 Å². The lowest BCUT2D eigenvalue weighted by Crippen LogP contribution is -2.54. The fraction of sp³-hybridized carbons (Fsp3) is 0.312. The number of benzene rings is 2. The number of carbonyl (C=O) groups excluding carboxylic acids is 1. The summed E-state index contributed by atoms with van der Waals surface area (Å²) in [5, 5.41) is 0.648. The molecule has 4 aromatic rings. The number of hydrogen-bond donors (Lipinski definition) is 0. The number of piperazine rings is 1. The third-order valence-electron chi connectivity index (χ3n) is 8.31. The molecule has 222 valence electrons. The number of aryl methyl sites for hydroxylation is 2. The molecule has 4 heterocycles. The lowest BCUT2D eigenvalue weighted by Gasteiger charge is -2.40. The molecule has 0 unspecified atom stereocenters. The monoisotopic (exact) mass is 605 g/mol. The van der Waals surface area contributed by atoms with Gasteiger partial charge in [0.25, 0.3) is 0 Å². The van der Waals surface area contributed by atoms with Crippen LogP contribution < -0.4 is 15.3 Å². The Kier molecular flexibility index (Phi) is 7.41. The highest BCUT2D eigenvalue weighted by Crippen LogP contribution is 2.49. The number of carbonyl (C=O) groups is 1. The van der Waals surface area contributed by atoms with Gasteiger partial charge in [0.2, 0.25) is 5.91 Å². The number of nitrogens with zero attached hydrogens (tertiary/aromatic N) is 5. The second-order valence-corrected chi connectivity index (χ2v) is 11.1. The average Bonchev–Trinajstić information content (AvgIpc) is 3.01. The first-order chi connectivity index (χ1) is 20.7. The van der Waals surface area contributed by atoms with Gasteiger partial charge in [-0.25, -0.2) is 13.6 Å². The van der Waals surface area contributed by atoms with E-state index in [1.807, 2.05) is 25.7 Å². The topological polar surface area (TPSA) is 80.6 Å². The van der Waals surface area contributed by atoms with E-state index in [0.29, 0.717) is 60.4 Å². The number of ether oxygens (including phenoxy) is 1. The summed E-state index contributed by atoms with van der Waals surface area (Å²) in [6, 6.07) is 3.97. The van der Waals surface area contributed by atoms with Gasteiger partial charge in [0.1, 0.15) is 17.9 Å². The van der Waals surface area contributed by atoms with E-state index in [4.69, 9.17) is 16.3 Å². The van der Waals surface area contributed by atoms with Gasteiger partial charge in [-0.3, -0.25) is 14.3 Å². The van der Waals surface area contributed by atoms with Crippen LogP contribution in [0, 0.1) is 11.6 Å². The van der Waals surface area contributed by atoms with Crippen molar-refractivity contribution in [3.8, 4) is 22.6 Å². The minimum Gasteiger partial charge on any atom is -0.486 e. The van der Waals surface area contributed by atoms with Crippen molar-refractivity contribution in [2.75, 3.05) is 24.5 Å². The lowest BCUT2D eigenvalue weighted by molar-refractivity contribution is -0.126. The van der Waals surface area contributed by atoms with Crippen molar-refractivity contribution < 1.29 is 18.3 Å². The molecule has 0 aliphatic carbocycles. The average molecular weight is 606 g/mol. The predicted octanol–water partition coefficient (Wildman–Crippen LogP) is 5.62. The maximum Gasteiger partial charge on any atom is 0.354 e. The Morgan fingerprint density at radius 3 is 2.53 bits per heavy atom. The van der Waals surface area contributed by atoms with Crippen molar-refractivity contribution in [2.24, 2.45) is 0 Å². The zero-order valence-electron chi connectivity index (χ0n) is 24.1. The van der Waals surface area contributed by atoms with Gasteiger partial charge in [-0.15, -0.1) is 0 Å². The van der Waals surface area contributed by atoms with Crippen LogP contribution in [0.25, 0.3) is 27.7 Å². The summed E-state index contributed by atoms with van der Waals surface area (Å²) in [5.41, 5.74) is 2.69. The molecular weight excluding hydrogens is 576 g/mol. The highest BCUT2D eigenvalue weighted by Gasteiger charge is 2.34. The zero-order valence-corrected chi connectivity index (χ0v) is 24.8. The fourth-order valence-corrected chi connectivity index (χ4v) is 6.48. The molecule has 6 rings (SSSR count). The molecule has 2 aromatic carbocycles. The van der Waals surface area contributed by atoms with E-state index in [0.717, 1.165) is 17.2 Å². The molecule has 1 fully saturated rings. The Labute approximate surface area is 252 Å². The molecule has 1 atom stereocenters. The molecule has 0 N–H and O–H groups in total. The number of anilines is 1. The standard InChI is InChI=1S/C32H30ClF2N5O3/c1-5-18-13-36-14-19(6-2)28(18)40-29-21(31(37-32(40)42)39-11-10-38(15-17(39)4)24(41)7-3)12-22(33)26-25-20(16-43-30(26)29)8-9-23(34)27(25)35/h7-9,12-14,17H,3,5-6,10-11,15-16H2,1-2,4H3/t17-/m0/s1. The summed E-state index contributed by atoms with van der Waals surface area (Å²) in [6.07, 6.45) is 5.88. The van der Waals surface area contributed by atoms with E-state index in [-0.39, 0.29) is 40.5 Å². The fourth-order valence-electron chi connectivity index (χ4n) is 6.19. The summed E-state index contributed by atoms with van der Waals surface area (Å²) in [5.74, 6) is -1.66. The Bertz CT molecular complexity index is 1850. The molecular formula is C32H30ClF2N5O3. The molecule has 0 spiro atoms. The minimum absolute atomic E-state index is 0.0107. The third kappa shape index (κ3) is 4.55. The maximum absolute atomic E-state index is 15.4. The highest BCUT2D eigenvalue weighted by molar-refractivity contribution is 6.35. The first kappa shape index (κ1) is 28.8. The number of pyridine rings is 1. The largest absolute Gasteiger partial charge is 0.486 e. The predicted molar refractivity (Wildman–Crippen MR) is 162 cm³/mol. The first-order valence-electron chi connectivity index (χ1n) is 14.2. The number of hydrogen-bond acceptors (Lipinski definition) is 6. The van der Waals surface area contributed by atoms with Crippen molar-refractivity contribution >= 4 is 34.2 Å². The molecule has 11 heteroatoms. The van der Waals surface area contributed by atoms with Gasteiger partial charge in [-0.05, 0) is 49.1 Å². The van der Waals surface area contributed by atoms with Crippen LogP contribution in [-0.4, -0.2) is 51.0 Å². The SMILES string of the molecule is C=CC(=O)N1CCN(c2nc(=O)n(-c3c(CC)cncc3CC)c3c4c(c(Cl)cc23)-c2c(ccc(F)c2F)CO4)[C@@H](C)C1. The number of fused-ring (bicyclic) bond motifs is 5. The molecule has 8 nitrogen and oxygen atoms in total. The number of rotatable bonds is 5. The van der Waals surface area contributed by atoms with Gasteiger partial charge in [0.15, 0.2) is 17.4 Å². The Hall–Kier alpha value is -4.31. The summed E-state index contributed by atoms with van der Waals surface area (Å²) in [7, 11) is 0. The molecule has 1 saturated heterocycles. The van der Waals surface area contributed by atoms with Gasteiger partial charge in [0.05, 0.1) is 10.7 Å². The second-order valence-electron chi connectivity index (χ2n) is 10.7. The molecule has 0 saturated carbocycles. The number of halogens is 3. The first-order valence-corrected chi connectivity index (χ1v) is 14.6. The van der Waals surface area contributed by atoms with Crippen LogP contribution in [0.4, 0.5) is 14.6 Å². The van der Waals surface area contributed by atoms with Gasteiger partial charge in [0, 0.05) is 60.1 Å². The van der Waals surface area contributed by atoms with Crippen molar-refractivity contribution in [2.45, 2.75) is 46.3 Å². The summed E-state index contributed by atoms with van der Waals surface area (Å²) < 4.78 is 37.7. The van der Waals surface area contributed by atoms with E-state index in [2.05, 4.69) is 16.5 Å². The highest BCUT2D eigenvalue weighted by atomic mass is 35.5. The molecule has 2 aliphatic rings. The van der Waals surface area contributed by atoms with Crippen LogP contribution in [0.1, 0.15) is 37.5 Å². The Morgan fingerprint density at radius 1 is 1.16 bits per heavy atom. The van der Waals surface area contributed by atoms with E-state index in [1.54, 1.807) is 23.4 Å². The quantitative estimate of drug-likeness (QED) is 0.275. The Balaban J connectivity index is 1.71. The molecule has 2 aromatic heterocycles. The summed E-state index contributed by atoms with van der Waals surface area (Å²) >= 11 is 6.88. The second kappa shape index (κ2) is 11.1. The van der Waals surface area contributed by atoms with Crippen LogP contribution in [-0.2, 0) is 24.2 Å². The van der Waals surface area contributed by atoms with E-state index < -0.39 is 17.3 Å². The molecule has 43 heavy (non-hydrogen) atoms. The summed E-state index contributed by atoms with van der Waals surface area (Å²) in [4.78, 5) is 39.2. The normalized spacial score (nSPS) is 16.1.